The molecule has 1 atom stereocenters. The third kappa shape index (κ3) is 1.51. The lowest BCUT2D eigenvalue weighted by molar-refractivity contribution is -0.157. The maximum atomic E-state index is 11.8. The highest BCUT2D eigenvalue weighted by Gasteiger charge is 2.62. The van der Waals surface area contributed by atoms with Crippen LogP contribution in [0.25, 0.3) is 0 Å². The van der Waals surface area contributed by atoms with Crippen LogP contribution in [0.1, 0.15) is 40.5 Å². The molecule has 16 heavy (non-hydrogen) atoms. The van der Waals surface area contributed by atoms with Crippen molar-refractivity contribution >= 4 is 11.9 Å². The highest BCUT2D eigenvalue weighted by molar-refractivity contribution is 5.97. The van der Waals surface area contributed by atoms with E-state index < -0.39 is 28.9 Å². The van der Waals surface area contributed by atoms with E-state index in [1.165, 1.54) is 7.11 Å². The lowest BCUT2D eigenvalue weighted by Gasteiger charge is -2.38. The van der Waals surface area contributed by atoms with E-state index >= 15 is 0 Å². The second kappa shape index (κ2) is 4.07. The Hall–Kier alpha value is -1.06. The molecule has 1 saturated heterocycles. The van der Waals surface area contributed by atoms with Crippen LogP contribution in [0.2, 0.25) is 0 Å². The van der Waals surface area contributed by atoms with E-state index in [2.05, 4.69) is 4.74 Å². The summed E-state index contributed by atoms with van der Waals surface area (Å²) in [5.74, 6) is -1.77. The first-order chi connectivity index (χ1) is 7.36. The van der Waals surface area contributed by atoms with Crippen LogP contribution in [0.5, 0.6) is 0 Å². The molecule has 0 aliphatic carbocycles. The topological polar surface area (TPSA) is 52.6 Å². The minimum Gasteiger partial charge on any atom is -0.468 e. The second-order valence-corrected chi connectivity index (χ2v) is 4.80. The van der Waals surface area contributed by atoms with Gasteiger partial charge < -0.3 is 9.47 Å². The van der Waals surface area contributed by atoms with E-state index in [9.17, 15) is 9.59 Å². The van der Waals surface area contributed by atoms with E-state index in [-0.39, 0.29) is 0 Å². The predicted octanol–water partition coefficient (Wildman–Crippen LogP) is 1.92. The van der Waals surface area contributed by atoms with Crippen molar-refractivity contribution in [3.63, 3.8) is 0 Å². The number of ether oxygens (including phenoxy) is 2. The molecule has 0 aromatic carbocycles. The Kier molecular flexibility index (Phi) is 3.31. The predicted molar refractivity (Wildman–Crippen MR) is 58.7 cm³/mol. The van der Waals surface area contributed by atoms with Gasteiger partial charge in [-0.05, 0) is 12.8 Å². The quantitative estimate of drug-likeness (QED) is 0.547. The van der Waals surface area contributed by atoms with E-state index in [0.717, 1.165) is 0 Å². The third-order valence-electron chi connectivity index (χ3n) is 4.01. The SMILES string of the molecule is CCC1(CC)OC(=O)C(C(=O)OC)C1(C)C. The Bertz CT molecular complexity index is 302. The fourth-order valence-electron chi connectivity index (χ4n) is 2.75. The molecule has 0 amide bonds. The lowest BCUT2D eigenvalue weighted by atomic mass is 9.66. The molecule has 0 saturated carbocycles. The van der Waals surface area contributed by atoms with Crippen molar-refractivity contribution in [3.05, 3.63) is 0 Å². The number of rotatable bonds is 3. The number of carbonyl (C=O) groups excluding carboxylic acids is 2. The molecule has 4 nitrogen and oxygen atoms in total. The zero-order valence-corrected chi connectivity index (χ0v) is 10.6. The van der Waals surface area contributed by atoms with Gasteiger partial charge in [0.15, 0.2) is 5.92 Å². The van der Waals surface area contributed by atoms with Crippen molar-refractivity contribution in [2.24, 2.45) is 11.3 Å². The van der Waals surface area contributed by atoms with Crippen molar-refractivity contribution in [1.29, 1.82) is 0 Å². The summed E-state index contributed by atoms with van der Waals surface area (Å²) in [7, 11) is 1.30. The monoisotopic (exact) mass is 228 g/mol. The zero-order valence-electron chi connectivity index (χ0n) is 10.6. The minimum absolute atomic E-state index is 0.458. The highest BCUT2D eigenvalue weighted by Crippen LogP contribution is 2.51. The molecule has 0 bridgehead atoms. The van der Waals surface area contributed by atoms with Crippen LogP contribution in [0.4, 0.5) is 0 Å². The number of methoxy groups -OCH3 is 1. The van der Waals surface area contributed by atoms with Gasteiger partial charge in [0.05, 0.1) is 7.11 Å². The number of cyclic esters (lactones) is 1. The van der Waals surface area contributed by atoms with Gasteiger partial charge in [-0.2, -0.15) is 0 Å². The van der Waals surface area contributed by atoms with Crippen LogP contribution in [0, 0.1) is 11.3 Å². The first kappa shape index (κ1) is 13.0. The number of carbonyl (C=O) groups is 2. The smallest absolute Gasteiger partial charge is 0.321 e. The first-order valence-corrected chi connectivity index (χ1v) is 5.67. The molecule has 1 fully saturated rings. The summed E-state index contributed by atoms with van der Waals surface area (Å²) < 4.78 is 10.1. The van der Waals surface area contributed by atoms with Crippen LogP contribution in [0.3, 0.4) is 0 Å². The van der Waals surface area contributed by atoms with Crippen LogP contribution in [-0.2, 0) is 19.1 Å². The molecular weight excluding hydrogens is 208 g/mol. The van der Waals surface area contributed by atoms with E-state index in [4.69, 9.17) is 4.74 Å². The average molecular weight is 228 g/mol. The minimum atomic E-state index is -0.808. The summed E-state index contributed by atoms with van der Waals surface area (Å²) >= 11 is 0. The summed E-state index contributed by atoms with van der Waals surface area (Å²) in [6.45, 7) is 7.73. The lowest BCUT2D eigenvalue weighted by Crippen LogP contribution is -2.45. The van der Waals surface area contributed by atoms with Gasteiger partial charge in [0.2, 0.25) is 0 Å². The summed E-state index contributed by atoms with van der Waals surface area (Å²) in [5.41, 5.74) is -1.08. The molecule has 4 heteroatoms. The molecule has 1 rings (SSSR count). The van der Waals surface area contributed by atoms with Gasteiger partial charge in [-0.15, -0.1) is 0 Å². The van der Waals surface area contributed by atoms with E-state index in [0.29, 0.717) is 12.8 Å². The van der Waals surface area contributed by atoms with Gasteiger partial charge >= 0.3 is 11.9 Å². The van der Waals surface area contributed by atoms with Crippen molar-refractivity contribution in [2.75, 3.05) is 7.11 Å². The van der Waals surface area contributed by atoms with Gasteiger partial charge in [0, 0.05) is 5.41 Å². The molecule has 1 aliphatic heterocycles. The van der Waals surface area contributed by atoms with Gasteiger partial charge in [0.1, 0.15) is 5.60 Å². The Morgan fingerprint density at radius 2 is 1.88 bits per heavy atom. The molecule has 1 aliphatic rings. The Labute approximate surface area is 96.3 Å². The largest absolute Gasteiger partial charge is 0.468 e. The van der Waals surface area contributed by atoms with Crippen molar-refractivity contribution in [2.45, 2.75) is 46.1 Å². The van der Waals surface area contributed by atoms with Gasteiger partial charge in [0.25, 0.3) is 0 Å². The molecule has 0 aromatic heterocycles. The summed E-state index contributed by atoms with van der Waals surface area (Å²) in [4.78, 5) is 23.4. The van der Waals surface area contributed by atoms with Crippen molar-refractivity contribution in [3.8, 4) is 0 Å². The molecular formula is C12H20O4. The number of hydrogen-bond acceptors (Lipinski definition) is 4. The molecule has 92 valence electrons. The Balaban J connectivity index is 3.17. The zero-order chi connectivity index (χ0) is 12.6. The van der Waals surface area contributed by atoms with Gasteiger partial charge in [-0.1, -0.05) is 27.7 Å². The maximum absolute atomic E-state index is 11.8. The summed E-state index contributed by atoms with van der Waals surface area (Å²) in [6, 6.07) is 0. The maximum Gasteiger partial charge on any atom is 0.321 e. The van der Waals surface area contributed by atoms with E-state index in [1.807, 2.05) is 27.7 Å². The first-order valence-electron chi connectivity index (χ1n) is 5.67. The van der Waals surface area contributed by atoms with Gasteiger partial charge in [-0.3, -0.25) is 9.59 Å². The van der Waals surface area contributed by atoms with Crippen LogP contribution in [0.15, 0.2) is 0 Å². The number of esters is 2. The molecule has 1 unspecified atom stereocenters. The van der Waals surface area contributed by atoms with Crippen molar-refractivity contribution < 1.29 is 19.1 Å². The van der Waals surface area contributed by atoms with Crippen LogP contribution in [-0.4, -0.2) is 24.6 Å². The molecule has 0 N–H and O–H groups in total. The summed E-state index contributed by atoms with van der Waals surface area (Å²) in [6.07, 6.45) is 1.41. The molecule has 0 spiro atoms. The van der Waals surface area contributed by atoms with E-state index in [1.54, 1.807) is 0 Å². The average Bonchev–Trinajstić information content (AvgIpc) is 2.44. The van der Waals surface area contributed by atoms with Crippen LogP contribution >= 0.6 is 0 Å². The van der Waals surface area contributed by atoms with Gasteiger partial charge in [-0.25, -0.2) is 0 Å². The Morgan fingerprint density at radius 1 is 1.38 bits per heavy atom. The summed E-state index contributed by atoms with van der Waals surface area (Å²) in [5, 5.41) is 0. The highest BCUT2D eigenvalue weighted by atomic mass is 16.6. The third-order valence-corrected chi connectivity index (χ3v) is 4.01. The normalized spacial score (nSPS) is 26.3. The molecule has 1 heterocycles. The second-order valence-electron chi connectivity index (χ2n) is 4.80. The fraction of sp³-hybridized carbons (Fsp3) is 0.833. The molecule has 0 aromatic rings. The standard InChI is InChI=1S/C12H20O4/c1-6-12(7-2)11(3,4)8(9(13)15-5)10(14)16-12/h8H,6-7H2,1-5H3. The van der Waals surface area contributed by atoms with Crippen LogP contribution < -0.4 is 0 Å². The number of hydrogen-bond donors (Lipinski definition) is 0. The molecule has 0 radical (unpaired) electrons. The van der Waals surface area contributed by atoms with Crippen molar-refractivity contribution in [1.82, 2.24) is 0 Å². The fourth-order valence-corrected chi connectivity index (χ4v) is 2.75. The Morgan fingerprint density at radius 3 is 2.19 bits per heavy atom.